The van der Waals surface area contributed by atoms with Crippen LogP contribution in [0.4, 0.5) is 5.69 Å². The van der Waals surface area contributed by atoms with Gasteiger partial charge in [-0.1, -0.05) is 6.07 Å². The van der Waals surface area contributed by atoms with Gasteiger partial charge in [-0.2, -0.15) is 0 Å². The molecule has 20 heavy (non-hydrogen) atoms. The molecule has 2 aromatic heterocycles. The molecule has 2 N–H and O–H groups in total. The first-order chi connectivity index (χ1) is 9.74. The highest BCUT2D eigenvalue weighted by Crippen LogP contribution is 2.37. The van der Waals surface area contributed by atoms with Crippen LogP contribution in [0.3, 0.4) is 0 Å². The lowest BCUT2D eigenvalue weighted by molar-refractivity contribution is 0.0495. The van der Waals surface area contributed by atoms with Crippen molar-refractivity contribution in [2.45, 2.75) is 25.3 Å². The lowest BCUT2D eigenvalue weighted by Gasteiger charge is -2.07. The molecule has 0 atom stereocenters. The van der Waals surface area contributed by atoms with E-state index in [4.69, 9.17) is 10.5 Å². The second-order valence-corrected chi connectivity index (χ2v) is 5.00. The summed E-state index contributed by atoms with van der Waals surface area (Å²) >= 11 is 0. The second-order valence-electron chi connectivity index (χ2n) is 5.00. The van der Waals surface area contributed by atoms with Gasteiger partial charge in [-0.15, -0.1) is 0 Å². The van der Waals surface area contributed by atoms with Crippen molar-refractivity contribution in [2.24, 2.45) is 0 Å². The molecule has 0 aliphatic heterocycles. The monoisotopic (exact) mass is 271 g/mol. The number of hydrogen-bond acceptors (Lipinski definition) is 4. The van der Waals surface area contributed by atoms with Crippen molar-refractivity contribution in [2.75, 3.05) is 12.3 Å². The van der Waals surface area contributed by atoms with Crippen LogP contribution in [-0.2, 0) is 11.2 Å². The fourth-order valence-corrected chi connectivity index (χ4v) is 2.19. The molecular weight excluding hydrogens is 254 g/mol. The first-order valence-electron chi connectivity index (χ1n) is 6.78. The van der Waals surface area contributed by atoms with Gasteiger partial charge in [-0.25, -0.2) is 4.79 Å². The van der Waals surface area contributed by atoms with Crippen molar-refractivity contribution in [3.8, 4) is 0 Å². The number of hydrogen-bond donors (Lipinski definition) is 1. The number of aromatic nitrogens is 2. The molecule has 0 radical (unpaired) electrons. The summed E-state index contributed by atoms with van der Waals surface area (Å²) in [6, 6.07) is 7.79. The Kier molecular flexibility index (Phi) is 3.41. The highest BCUT2D eigenvalue weighted by Gasteiger charge is 2.28. The molecule has 3 rings (SSSR count). The number of nitrogens with zero attached hydrogens (tertiary/aromatic N) is 2. The summed E-state index contributed by atoms with van der Waals surface area (Å²) in [5.74, 6) is -0.315. The Bertz CT molecular complexity index is 603. The van der Waals surface area contributed by atoms with Crippen molar-refractivity contribution in [3.05, 3.63) is 48.0 Å². The van der Waals surface area contributed by atoms with E-state index in [9.17, 15) is 4.79 Å². The number of rotatable bonds is 5. The van der Waals surface area contributed by atoms with E-state index in [1.807, 2.05) is 29.0 Å². The lowest BCUT2D eigenvalue weighted by atomic mass is 10.3. The standard InChI is InChI=1S/C15H17N3O2/c16-11-9-14(18(10-11)13-4-5-13)15(19)20-8-6-12-3-1-2-7-17-12/h1-3,7,9-10,13H,4-6,8,16H2. The molecule has 1 aliphatic carbocycles. The number of nitrogen functional groups attached to an aromatic ring is 1. The molecule has 1 saturated carbocycles. The average molecular weight is 271 g/mol. The normalized spacial score (nSPS) is 14.2. The van der Waals surface area contributed by atoms with E-state index in [0.717, 1.165) is 18.5 Å². The van der Waals surface area contributed by atoms with Crippen LogP contribution in [-0.4, -0.2) is 22.1 Å². The van der Waals surface area contributed by atoms with E-state index in [1.165, 1.54) is 0 Å². The lowest BCUT2D eigenvalue weighted by Crippen LogP contribution is -2.13. The SMILES string of the molecule is Nc1cc(C(=O)OCCc2ccccn2)n(C2CC2)c1. The Morgan fingerprint density at radius 3 is 3.00 bits per heavy atom. The summed E-state index contributed by atoms with van der Waals surface area (Å²) in [7, 11) is 0. The Balaban J connectivity index is 1.59. The van der Waals surface area contributed by atoms with E-state index in [2.05, 4.69) is 4.98 Å². The van der Waals surface area contributed by atoms with Gasteiger partial charge in [0.15, 0.2) is 0 Å². The molecule has 1 aliphatic rings. The minimum absolute atomic E-state index is 0.315. The molecule has 2 heterocycles. The number of nitrogens with two attached hydrogens (primary N) is 1. The van der Waals surface area contributed by atoms with Crippen LogP contribution in [0.15, 0.2) is 36.7 Å². The van der Waals surface area contributed by atoms with E-state index >= 15 is 0 Å². The predicted octanol–water partition coefficient (Wildman–Crippen LogP) is 2.20. The first-order valence-corrected chi connectivity index (χ1v) is 6.78. The van der Waals surface area contributed by atoms with Crippen LogP contribution in [0.2, 0.25) is 0 Å². The van der Waals surface area contributed by atoms with Crippen LogP contribution >= 0.6 is 0 Å². The summed E-state index contributed by atoms with van der Waals surface area (Å²) in [5.41, 5.74) is 7.83. The summed E-state index contributed by atoms with van der Waals surface area (Å²) in [4.78, 5) is 16.3. The summed E-state index contributed by atoms with van der Waals surface area (Å²) in [5, 5.41) is 0. The quantitative estimate of drug-likeness (QED) is 0.846. The molecule has 0 amide bonds. The number of carbonyl (C=O) groups excluding carboxylic acids is 1. The third-order valence-corrected chi connectivity index (χ3v) is 3.34. The van der Waals surface area contributed by atoms with Crippen molar-refractivity contribution >= 4 is 11.7 Å². The number of esters is 1. The Morgan fingerprint density at radius 2 is 2.30 bits per heavy atom. The topological polar surface area (TPSA) is 70.1 Å². The highest BCUT2D eigenvalue weighted by atomic mass is 16.5. The van der Waals surface area contributed by atoms with Crippen LogP contribution in [0.25, 0.3) is 0 Å². The summed E-state index contributed by atoms with van der Waals surface area (Å²) in [6.45, 7) is 0.325. The van der Waals surface area contributed by atoms with Crippen molar-refractivity contribution in [1.82, 2.24) is 9.55 Å². The fourth-order valence-electron chi connectivity index (χ4n) is 2.19. The van der Waals surface area contributed by atoms with Crippen molar-refractivity contribution in [1.29, 1.82) is 0 Å². The Morgan fingerprint density at radius 1 is 1.45 bits per heavy atom. The maximum atomic E-state index is 12.1. The summed E-state index contributed by atoms with van der Waals surface area (Å²) < 4.78 is 7.24. The van der Waals surface area contributed by atoms with E-state index in [-0.39, 0.29) is 5.97 Å². The zero-order valence-electron chi connectivity index (χ0n) is 11.2. The molecule has 1 fully saturated rings. The van der Waals surface area contributed by atoms with Gasteiger partial charge in [0.1, 0.15) is 5.69 Å². The van der Waals surface area contributed by atoms with Gasteiger partial charge in [-0.3, -0.25) is 4.98 Å². The Labute approximate surface area is 117 Å². The van der Waals surface area contributed by atoms with Crippen LogP contribution in [0.1, 0.15) is 35.1 Å². The number of pyridine rings is 1. The molecule has 5 heteroatoms. The minimum atomic E-state index is -0.315. The van der Waals surface area contributed by atoms with E-state index in [0.29, 0.717) is 30.5 Å². The minimum Gasteiger partial charge on any atom is -0.461 e. The molecule has 0 aromatic carbocycles. The maximum Gasteiger partial charge on any atom is 0.355 e. The van der Waals surface area contributed by atoms with Gasteiger partial charge in [0, 0.05) is 30.6 Å². The summed E-state index contributed by atoms with van der Waals surface area (Å²) in [6.07, 6.45) is 6.36. The van der Waals surface area contributed by atoms with Gasteiger partial charge >= 0.3 is 5.97 Å². The third-order valence-electron chi connectivity index (χ3n) is 3.34. The zero-order chi connectivity index (χ0) is 13.9. The number of anilines is 1. The molecule has 104 valence electrons. The zero-order valence-corrected chi connectivity index (χ0v) is 11.2. The van der Waals surface area contributed by atoms with Gasteiger partial charge in [0.2, 0.25) is 0 Å². The van der Waals surface area contributed by atoms with Crippen LogP contribution < -0.4 is 5.73 Å². The average Bonchev–Trinajstić information content (AvgIpc) is 3.22. The van der Waals surface area contributed by atoms with Crippen LogP contribution in [0.5, 0.6) is 0 Å². The van der Waals surface area contributed by atoms with Crippen molar-refractivity contribution < 1.29 is 9.53 Å². The van der Waals surface area contributed by atoms with Gasteiger partial charge in [0.25, 0.3) is 0 Å². The third kappa shape index (κ3) is 2.82. The predicted molar refractivity (Wildman–Crippen MR) is 75.3 cm³/mol. The number of carbonyl (C=O) groups is 1. The van der Waals surface area contributed by atoms with Gasteiger partial charge in [0.05, 0.1) is 12.3 Å². The van der Waals surface area contributed by atoms with Gasteiger partial charge in [-0.05, 0) is 31.0 Å². The second kappa shape index (κ2) is 5.36. The van der Waals surface area contributed by atoms with E-state index in [1.54, 1.807) is 12.3 Å². The molecular formula is C15H17N3O2. The fraction of sp³-hybridized carbons (Fsp3) is 0.333. The number of ether oxygens (including phenoxy) is 1. The molecule has 0 unspecified atom stereocenters. The molecule has 0 spiro atoms. The smallest absolute Gasteiger partial charge is 0.355 e. The molecule has 2 aromatic rings. The molecule has 0 saturated heterocycles. The Hall–Kier alpha value is -2.30. The first kappa shape index (κ1) is 12.7. The van der Waals surface area contributed by atoms with Crippen LogP contribution in [0, 0.1) is 0 Å². The largest absolute Gasteiger partial charge is 0.461 e. The highest BCUT2D eigenvalue weighted by molar-refractivity contribution is 5.89. The maximum absolute atomic E-state index is 12.1. The van der Waals surface area contributed by atoms with Gasteiger partial charge < -0.3 is 15.0 Å². The van der Waals surface area contributed by atoms with E-state index < -0.39 is 0 Å². The van der Waals surface area contributed by atoms with Crippen molar-refractivity contribution in [3.63, 3.8) is 0 Å². The molecule has 5 nitrogen and oxygen atoms in total. The molecule has 0 bridgehead atoms.